The largest absolute Gasteiger partial charge is 0.449 e. The van der Waals surface area contributed by atoms with E-state index < -0.39 is 0 Å². The minimum absolute atomic E-state index is 0.714. The van der Waals surface area contributed by atoms with E-state index in [4.69, 9.17) is 9.47 Å². The van der Waals surface area contributed by atoms with Crippen LogP contribution in [0, 0.1) is 0 Å². The average Bonchev–Trinajstić information content (AvgIpc) is 3.27. The zero-order valence-corrected chi connectivity index (χ0v) is 30.3. The molecule has 56 heavy (non-hydrogen) atoms. The van der Waals surface area contributed by atoms with Gasteiger partial charge in [-0.3, -0.25) is 0 Å². The van der Waals surface area contributed by atoms with Crippen molar-refractivity contribution in [2.75, 3.05) is 0 Å². The second kappa shape index (κ2) is 12.0. The molecule has 0 fully saturated rings. The standard InChI is InChI=1S/C54H32O2/c1-3-15-37-33(13-1)31-34-14-2-4-16-38(34)52(37)47-29-28-46(41-19-7-8-20-42(41)47)45-27-26-36(39-17-5-6-18-40(39)45)35-25-30-50-51(32-35)56-54-49-24-12-10-22-44(49)43-21-9-11-23-48(43)53(54)55-50/h1-32H. The summed E-state index contributed by atoms with van der Waals surface area (Å²) >= 11 is 0. The highest BCUT2D eigenvalue weighted by atomic mass is 16.6. The van der Waals surface area contributed by atoms with Crippen LogP contribution >= 0.6 is 0 Å². The van der Waals surface area contributed by atoms with Crippen LogP contribution in [-0.2, 0) is 0 Å². The molecule has 260 valence electrons. The monoisotopic (exact) mass is 712 g/mol. The van der Waals surface area contributed by atoms with Gasteiger partial charge in [0.1, 0.15) is 0 Å². The summed E-state index contributed by atoms with van der Waals surface area (Å²) in [6, 6.07) is 69.8. The van der Waals surface area contributed by atoms with Crippen molar-refractivity contribution in [3.63, 3.8) is 0 Å². The fourth-order valence-electron chi connectivity index (χ4n) is 9.18. The summed E-state index contributed by atoms with van der Waals surface area (Å²) in [6.07, 6.45) is 0. The van der Waals surface area contributed by atoms with E-state index in [-0.39, 0.29) is 0 Å². The molecule has 0 saturated heterocycles. The van der Waals surface area contributed by atoms with Gasteiger partial charge in [-0.2, -0.15) is 0 Å². The minimum atomic E-state index is 0.714. The molecule has 0 saturated carbocycles. The molecule has 12 rings (SSSR count). The van der Waals surface area contributed by atoms with Crippen LogP contribution in [0.15, 0.2) is 194 Å². The van der Waals surface area contributed by atoms with Gasteiger partial charge in [0.25, 0.3) is 0 Å². The first kappa shape index (κ1) is 31.0. The maximum Gasteiger partial charge on any atom is 0.178 e. The topological polar surface area (TPSA) is 18.5 Å². The zero-order chi connectivity index (χ0) is 36.7. The van der Waals surface area contributed by atoms with Gasteiger partial charge in [0.2, 0.25) is 0 Å². The predicted molar refractivity (Wildman–Crippen MR) is 234 cm³/mol. The highest BCUT2D eigenvalue weighted by molar-refractivity contribution is 6.19. The SMILES string of the molecule is c1ccc2c(-c3ccc(-c4ccc(-c5ccc6c(c5)Oc5c(c7ccccc7c7ccccc57)O6)c5ccccc45)c4ccccc34)c3ccccc3cc2c1. The molecule has 0 radical (unpaired) electrons. The molecule has 11 aromatic carbocycles. The Bertz CT molecular complexity index is 3380. The number of fused-ring (bicyclic) bond motifs is 11. The molecule has 0 N–H and O–H groups in total. The molecular weight excluding hydrogens is 681 g/mol. The van der Waals surface area contributed by atoms with Crippen molar-refractivity contribution >= 4 is 64.6 Å². The van der Waals surface area contributed by atoms with Gasteiger partial charge in [0.15, 0.2) is 23.0 Å². The summed E-state index contributed by atoms with van der Waals surface area (Å²) in [5.41, 5.74) is 7.18. The molecule has 0 atom stereocenters. The van der Waals surface area contributed by atoms with Crippen molar-refractivity contribution in [3.8, 4) is 56.4 Å². The Morgan fingerprint density at radius 1 is 0.250 bits per heavy atom. The lowest BCUT2D eigenvalue weighted by Gasteiger charge is -2.24. The van der Waals surface area contributed by atoms with Crippen molar-refractivity contribution in [1.29, 1.82) is 0 Å². The van der Waals surface area contributed by atoms with Crippen LogP contribution in [0.1, 0.15) is 0 Å². The van der Waals surface area contributed by atoms with Crippen molar-refractivity contribution in [2.24, 2.45) is 0 Å². The first-order valence-electron chi connectivity index (χ1n) is 19.2. The van der Waals surface area contributed by atoms with E-state index in [2.05, 4.69) is 188 Å². The fourth-order valence-corrected chi connectivity index (χ4v) is 9.18. The molecule has 0 spiro atoms. The van der Waals surface area contributed by atoms with Crippen molar-refractivity contribution in [3.05, 3.63) is 194 Å². The van der Waals surface area contributed by atoms with Crippen molar-refractivity contribution < 1.29 is 9.47 Å². The first-order chi connectivity index (χ1) is 27.8. The molecule has 1 aliphatic rings. The van der Waals surface area contributed by atoms with Gasteiger partial charge in [-0.15, -0.1) is 0 Å². The molecule has 0 bridgehead atoms. The number of rotatable bonds is 3. The van der Waals surface area contributed by atoms with Gasteiger partial charge in [0, 0.05) is 10.8 Å². The fraction of sp³-hybridized carbons (Fsp3) is 0. The van der Waals surface area contributed by atoms with Crippen LogP contribution in [0.4, 0.5) is 0 Å². The van der Waals surface area contributed by atoms with Gasteiger partial charge in [-0.1, -0.05) is 176 Å². The maximum absolute atomic E-state index is 6.79. The van der Waals surface area contributed by atoms with Gasteiger partial charge < -0.3 is 9.47 Å². The number of hydrogen-bond donors (Lipinski definition) is 0. The third kappa shape index (κ3) is 4.57. The third-order valence-corrected chi connectivity index (χ3v) is 11.7. The lowest BCUT2D eigenvalue weighted by molar-refractivity contribution is 0.367. The smallest absolute Gasteiger partial charge is 0.178 e. The van der Waals surface area contributed by atoms with Gasteiger partial charge >= 0.3 is 0 Å². The highest BCUT2D eigenvalue weighted by Crippen LogP contribution is 2.54. The summed E-state index contributed by atoms with van der Waals surface area (Å²) in [6.45, 7) is 0. The first-order valence-corrected chi connectivity index (χ1v) is 19.2. The number of benzene rings is 11. The third-order valence-electron chi connectivity index (χ3n) is 11.7. The van der Waals surface area contributed by atoms with E-state index in [1.54, 1.807) is 0 Å². The number of ether oxygens (including phenoxy) is 2. The van der Waals surface area contributed by atoms with E-state index in [9.17, 15) is 0 Å². The molecule has 11 aromatic rings. The van der Waals surface area contributed by atoms with Crippen LogP contribution in [0.3, 0.4) is 0 Å². The number of hydrogen-bond acceptors (Lipinski definition) is 2. The molecule has 1 aliphatic heterocycles. The molecule has 1 heterocycles. The Kier molecular flexibility index (Phi) is 6.66. The predicted octanol–water partition coefficient (Wildman–Crippen LogP) is 15.5. The lowest BCUT2D eigenvalue weighted by atomic mass is 9.85. The van der Waals surface area contributed by atoms with E-state index in [0.717, 1.165) is 44.2 Å². The second-order valence-corrected chi connectivity index (χ2v) is 14.7. The van der Waals surface area contributed by atoms with Crippen LogP contribution in [0.25, 0.3) is 98.0 Å². The quantitative estimate of drug-likeness (QED) is 0.134. The Hall–Kier alpha value is -7.42. The summed E-state index contributed by atoms with van der Waals surface area (Å²) in [7, 11) is 0. The molecule has 0 aromatic heterocycles. The van der Waals surface area contributed by atoms with Gasteiger partial charge in [-0.25, -0.2) is 0 Å². The maximum atomic E-state index is 6.79. The summed E-state index contributed by atoms with van der Waals surface area (Å²) < 4.78 is 13.4. The average molecular weight is 713 g/mol. The van der Waals surface area contributed by atoms with E-state index >= 15 is 0 Å². The second-order valence-electron chi connectivity index (χ2n) is 14.7. The van der Waals surface area contributed by atoms with Crippen LogP contribution < -0.4 is 9.47 Å². The van der Waals surface area contributed by atoms with Gasteiger partial charge in [-0.05, 0) is 105 Å². The summed E-state index contributed by atoms with van der Waals surface area (Å²) in [4.78, 5) is 0. The van der Waals surface area contributed by atoms with Gasteiger partial charge in [0.05, 0.1) is 0 Å². The normalized spacial score (nSPS) is 12.2. The van der Waals surface area contributed by atoms with E-state index in [1.165, 1.54) is 65.3 Å². The van der Waals surface area contributed by atoms with Crippen LogP contribution in [0.5, 0.6) is 23.0 Å². The summed E-state index contributed by atoms with van der Waals surface area (Å²) in [5, 5.41) is 14.3. The highest BCUT2D eigenvalue weighted by Gasteiger charge is 2.25. The Morgan fingerprint density at radius 2 is 0.643 bits per heavy atom. The molecular formula is C54H32O2. The zero-order valence-electron chi connectivity index (χ0n) is 30.3. The summed E-state index contributed by atoms with van der Waals surface area (Å²) in [5.74, 6) is 2.96. The van der Waals surface area contributed by atoms with Crippen LogP contribution in [-0.4, -0.2) is 0 Å². The van der Waals surface area contributed by atoms with Crippen molar-refractivity contribution in [2.45, 2.75) is 0 Å². The minimum Gasteiger partial charge on any atom is -0.449 e. The van der Waals surface area contributed by atoms with E-state index in [0.29, 0.717) is 11.5 Å². The molecule has 2 nitrogen and oxygen atoms in total. The Labute approximate surface area is 323 Å². The van der Waals surface area contributed by atoms with Crippen LogP contribution in [0.2, 0.25) is 0 Å². The Morgan fingerprint density at radius 3 is 1.20 bits per heavy atom. The van der Waals surface area contributed by atoms with Crippen molar-refractivity contribution in [1.82, 2.24) is 0 Å². The molecule has 0 amide bonds. The molecule has 2 heteroatoms. The lowest BCUT2D eigenvalue weighted by Crippen LogP contribution is -2.01. The molecule has 0 unspecified atom stereocenters. The Balaban J connectivity index is 1.00. The molecule has 0 aliphatic carbocycles. The van der Waals surface area contributed by atoms with E-state index in [1.807, 2.05) is 6.07 Å².